The molecular formula is C16H15N. The monoisotopic (exact) mass is 221 g/mol. The standard InChI is InChI=1S/C16H15N/c1-2-6-13(7-3-1)14-8-4-9-15(12-14)16-10-5-11-17-16/h1-4,6-9,12H,5,10-11H2. The van der Waals surface area contributed by atoms with Gasteiger partial charge in [-0.15, -0.1) is 0 Å². The molecule has 0 N–H and O–H groups in total. The fourth-order valence-electron chi connectivity index (χ4n) is 2.28. The molecule has 17 heavy (non-hydrogen) atoms. The van der Waals surface area contributed by atoms with Gasteiger partial charge in [0.2, 0.25) is 0 Å². The van der Waals surface area contributed by atoms with Crippen LogP contribution in [0.3, 0.4) is 0 Å². The Hall–Kier alpha value is -1.89. The van der Waals surface area contributed by atoms with Gasteiger partial charge >= 0.3 is 0 Å². The lowest BCUT2D eigenvalue weighted by Crippen LogP contribution is -1.95. The van der Waals surface area contributed by atoms with Gasteiger partial charge in [-0.1, -0.05) is 48.5 Å². The molecule has 0 aromatic heterocycles. The summed E-state index contributed by atoms with van der Waals surface area (Å²) < 4.78 is 0. The van der Waals surface area contributed by atoms with Crippen LogP contribution in [0.4, 0.5) is 0 Å². The van der Waals surface area contributed by atoms with E-state index in [1.165, 1.54) is 28.8 Å². The number of benzene rings is 2. The Morgan fingerprint density at radius 1 is 0.765 bits per heavy atom. The zero-order valence-electron chi connectivity index (χ0n) is 9.76. The highest BCUT2D eigenvalue weighted by atomic mass is 14.8. The summed E-state index contributed by atoms with van der Waals surface area (Å²) in [4.78, 5) is 4.56. The van der Waals surface area contributed by atoms with Crippen LogP contribution in [0.2, 0.25) is 0 Å². The molecule has 1 aliphatic heterocycles. The first kappa shape index (κ1) is 10.3. The Morgan fingerprint density at radius 2 is 1.53 bits per heavy atom. The minimum atomic E-state index is 0.991. The molecule has 84 valence electrons. The van der Waals surface area contributed by atoms with Crippen LogP contribution in [0.25, 0.3) is 11.1 Å². The normalized spacial score (nSPS) is 14.7. The number of rotatable bonds is 2. The maximum Gasteiger partial charge on any atom is 0.0421 e. The molecule has 0 atom stereocenters. The van der Waals surface area contributed by atoms with Crippen LogP contribution in [0.1, 0.15) is 18.4 Å². The van der Waals surface area contributed by atoms with Crippen molar-refractivity contribution in [2.75, 3.05) is 6.54 Å². The molecule has 1 aliphatic rings. The summed E-state index contributed by atoms with van der Waals surface area (Å²) in [6.07, 6.45) is 2.32. The fraction of sp³-hybridized carbons (Fsp3) is 0.188. The first-order valence-electron chi connectivity index (χ1n) is 6.13. The smallest absolute Gasteiger partial charge is 0.0421 e. The highest BCUT2D eigenvalue weighted by Gasteiger charge is 2.09. The van der Waals surface area contributed by atoms with Crippen molar-refractivity contribution in [2.24, 2.45) is 4.99 Å². The lowest BCUT2D eigenvalue weighted by molar-refractivity contribution is 0.951. The SMILES string of the molecule is c1ccc(-c2cccc(C3=NCCC3)c2)cc1. The molecule has 0 saturated carbocycles. The Balaban J connectivity index is 2.00. The highest BCUT2D eigenvalue weighted by molar-refractivity contribution is 6.02. The molecule has 1 heteroatoms. The van der Waals surface area contributed by atoms with E-state index in [9.17, 15) is 0 Å². The Labute approximate surface area is 102 Å². The van der Waals surface area contributed by atoms with E-state index < -0.39 is 0 Å². The van der Waals surface area contributed by atoms with Crippen molar-refractivity contribution in [2.45, 2.75) is 12.8 Å². The van der Waals surface area contributed by atoms with E-state index in [4.69, 9.17) is 0 Å². The molecule has 1 heterocycles. The van der Waals surface area contributed by atoms with Crippen molar-refractivity contribution in [1.82, 2.24) is 0 Å². The van der Waals surface area contributed by atoms with Crippen molar-refractivity contribution in [1.29, 1.82) is 0 Å². The molecule has 0 saturated heterocycles. The summed E-state index contributed by atoms with van der Waals surface area (Å²) >= 11 is 0. The maximum absolute atomic E-state index is 4.56. The fourth-order valence-corrected chi connectivity index (χ4v) is 2.28. The second-order valence-corrected chi connectivity index (χ2v) is 4.38. The molecule has 0 bridgehead atoms. The molecule has 0 amide bonds. The van der Waals surface area contributed by atoms with Gasteiger partial charge < -0.3 is 0 Å². The minimum absolute atomic E-state index is 0.991. The van der Waals surface area contributed by atoms with Crippen molar-refractivity contribution in [3.63, 3.8) is 0 Å². The minimum Gasteiger partial charge on any atom is -0.289 e. The molecule has 3 rings (SSSR count). The average Bonchev–Trinajstić information content (AvgIpc) is 2.94. The third-order valence-corrected chi connectivity index (χ3v) is 3.18. The molecule has 0 unspecified atom stereocenters. The van der Waals surface area contributed by atoms with Crippen LogP contribution >= 0.6 is 0 Å². The summed E-state index contributed by atoms with van der Waals surface area (Å²) in [5, 5.41) is 0. The molecule has 1 nitrogen and oxygen atoms in total. The van der Waals surface area contributed by atoms with Crippen molar-refractivity contribution in [3.8, 4) is 11.1 Å². The van der Waals surface area contributed by atoms with Crippen molar-refractivity contribution < 1.29 is 0 Å². The van der Waals surface area contributed by atoms with Gasteiger partial charge in [0, 0.05) is 12.3 Å². The van der Waals surface area contributed by atoms with E-state index in [0.29, 0.717) is 0 Å². The zero-order valence-corrected chi connectivity index (χ0v) is 9.76. The lowest BCUT2D eigenvalue weighted by atomic mass is 10.00. The average molecular weight is 221 g/mol. The van der Waals surface area contributed by atoms with Crippen LogP contribution in [-0.4, -0.2) is 12.3 Å². The summed E-state index contributed by atoms with van der Waals surface area (Å²) in [6.45, 7) is 0.991. The maximum atomic E-state index is 4.56. The largest absolute Gasteiger partial charge is 0.289 e. The van der Waals surface area contributed by atoms with Gasteiger partial charge in [0.1, 0.15) is 0 Å². The van der Waals surface area contributed by atoms with Gasteiger partial charge in [-0.25, -0.2) is 0 Å². The van der Waals surface area contributed by atoms with E-state index >= 15 is 0 Å². The van der Waals surface area contributed by atoms with E-state index in [2.05, 4.69) is 59.6 Å². The number of hydrogen-bond acceptors (Lipinski definition) is 1. The molecule has 2 aromatic carbocycles. The molecule has 0 spiro atoms. The van der Waals surface area contributed by atoms with Crippen LogP contribution < -0.4 is 0 Å². The molecular weight excluding hydrogens is 206 g/mol. The van der Waals surface area contributed by atoms with E-state index in [-0.39, 0.29) is 0 Å². The van der Waals surface area contributed by atoms with Crippen molar-refractivity contribution in [3.05, 3.63) is 60.2 Å². The number of hydrogen-bond donors (Lipinski definition) is 0. The molecule has 0 radical (unpaired) electrons. The molecule has 0 aliphatic carbocycles. The third kappa shape index (κ3) is 2.14. The lowest BCUT2D eigenvalue weighted by Gasteiger charge is -2.05. The topological polar surface area (TPSA) is 12.4 Å². The first-order valence-corrected chi connectivity index (χ1v) is 6.13. The Morgan fingerprint density at radius 3 is 2.29 bits per heavy atom. The summed E-state index contributed by atoms with van der Waals surface area (Å²) in [7, 11) is 0. The third-order valence-electron chi connectivity index (χ3n) is 3.18. The van der Waals surface area contributed by atoms with Crippen LogP contribution in [-0.2, 0) is 0 Å². The predicted molar refractivity (Wildman–Crippen MR) is 72.5 cm³/mol. The highest BCUT2D eigenvalue weighted by Crippen LogP contribution is 2.22. The Kier molecular flexibility index (Phi) is 2.74. The van der Waals surface area contributed by atoms with Gasteiger partial charge in [0.25, 0.3) is 0 Å². The van der Waals surface area contributed by atoms with Gasteiger partial charge in [-0.2, -0.15) is 0 Å². The quantitative estimate of drug-likeness (QED) is 0.728. The first-order chi connectivity index (χ1) is 8.43. The van der Waals surface area contributed by atoms with E-state index in [0.717, 1.165) is 13.0 Å². The van der Waals surface area contributed by atoms with Crippen LogP contribution in [0, 0.1) is 0 Å². The van der Waals surface area contributed by atoms with Gasteiger partial charge in [-0.3, -0.25) is 4.99 Å². The molecule has 0 fully saturated rings. The summed E-state index contributed by atoms with van der Waals surface area (Å²) in [5.74, 6) is 0. The predicted octanol–water partition coefficient (Wildman–Crippen LogP) is 3.94. The summed E-state index contributed by atoms with van der Waals surface area (Å²) in [6, 6.07) is 19.2. The summed E-state index contributed by atoms with van der Waals surface area (Å²) in [5.41, 5.74) is 5.09. The number of aliphatic imine (C=N–C) groups is 1. The van der Waals surface area contributed by atoms with E-state index in [1.807, 2.05) is 0 Å². The van der Waals surface area contributed by atoms with E-state index in [1.54, 1.807) is 0 Å². The van der Waals surface area contributed by atoms with Crippen LogP contribution in [0.5, 0.6) is 0 Å². The zero-order chi connectivity index (χ0) is 11.5. The van der Waals surface area contributed by atoms with Crippen molar-refractivity contribution >= 4 is 5.71 Å². The Bertz CT molecular complexity index is 540. The van der Waals surface area contributed by atoms with Crippen LogP contribution in [0.15, 0.2) is 59.6 Å². The molecule has 2 aromatic rings. The van der Waals surface area contributed by atoms with Gasteiger partial charge in [-0.05, 0) is 35.6 Å². The number of nitrogens with zero attached hydrogens (tertiary/aromatic N) is 1. The van der Waals surface area contributed by atoms with Gasteiger partial charge in [0.15, 0.2) is 0 Å². The second kappa shape index (κ2) is 4.54. The van der Waals surface area contributed by atoms with Gasteiger partial charge in [0.05, 0.1) is 0 Å². The second-order valence-electron chi connectivity index (χ2n) is 4.38.